The van der Waals surface area contributed by atoms with E-state index in [-0.39, 0.29) is 24.8 Å². The molecule has 1 heterocycles. The van der Waals surface area contributed by atoms with Gasteiger partial charge in [-0.05, 0) is 6.92 Å². The normalized spacial score (nSPS) is 13.4. The van der Waals surface area contributed by atoms with E-state index in [4.69, 9.17) is 10.5 Å². The van der Waals surface area contributed by atoms with Crippen molar-refractivity contribution in [3.63, 3.8) is 0 Å². The van der Waals surface area contributed by atoms with Crippen LogP contribution in [0.2, 0.25) is 0 Å². The van der Waals surface area contributed by atoms with Crippen molar-refractivity contribution in [1.82, 2.24) is 10.3 Å². The zero-order chi connectivity index (χ0) is 13.6. The highest BCUT2D eigenvalue weighted by molar-refractivity contribution is 7.15. The van der Waals surface area contributed by atoms with Gasteiger partial charge in [0.15, 0.2) is 5.13 Å². The summed E-state index contributed by atoms with van der Waals surface area (Å²) in [6.45, 7) is 2.92. The van der Waals surface area contributed by atoms with E-state index in [1.54, 1.807) is 13.3 Å². The summed E-state index contributed by atoms with van der Waals surface area (Å²) < 4.78 is 9.82. The molecule has 1 atom stereocenters. The van der Waals surface area contributed by atoms with Crippen LogP contribution in [0.1, 0.15) is 18.2 Å². The first-order valence-electron chi connectivity index (χ1n) is 5.50. The van der Waals surface area contributed by atoms with Crippen molar-refractivity contribution >= 4 is 34.8 Å². The number of nitrogen functional groups attached to an aromatic ring is 1. The number of methoxy groups -OCH3 is 2. The first-order chi connectivity index (χ1) is 8.49. The van der Waals surface area contributed by atoms with Crippen molar-refractivity contribution in [2.45, 2.75) is 25.4 Å². The molecule has 1 aromatic rings. The monoisotopic (exact) mass is 309 g/mol. The van der Waals surface area contributed by atoms with E-state index in [0.29, 0.717) is 18.3 Å². The van der Waals surface area contributed by atoms with E-state index in [2.05, 4.69) is 15.0 Å². The Bertz CT molecular complexity index is 402. The predicted molar refractivity (Wildman–Crippen MR) is 77.5 cm³/mol. The van der Waals surface area contributed by atoms with Crippen LogP contribution in [0.4, 0.5) is 5.13 Å². The molecule has 0 aliphatic heterocycles. The third-order valence-corrected chi connectivity index (χ3v) is 3.31. The van der Waals surface area contributed by atoms with Gasteiger partial charge in [0.2, 0.25) is 0 Å². The summed E-state index contributed by atoms with van der Waals surface area (Å²) in [5, 5.41) is 3.82. The van der Waals surface area contributed by atoms with Crippen LogP contribution in [-0.4, -0.2) is 37.3 Å². The maximum atomic E-state index is 11.4. The molecular formula is C11H20ClN3O3S. The highest BCUT2D eigenvalue weighted by Crippen LogP contribution is 2.17. The first kappa shape index (κ1) is 18.1. The zero-order valence-electron chi connectivity index (χ0n) is 11.3. The number of carbonyl (C=O) groups is 1. The summed E-state index contributed by atoms with van der Waals surface area (Å²) in [4.78, 5) is 16.4. The number of aromatic nitrogens is 1. The van der Waals surface area contributed by atoms with Crippen LogP contribution in [0.15, 0.2) is 6.20 Å². The molecule has 0 fully saturated rings. The van der Waals surface area contributed by atoms with Gasteiger partial charge in [-0.3, -0.25) is 4.79 Å². The number of halogens is 1. The predicted octanol–water partition coefficient (Wildman–Crippen LogP) is 1.20. The number of thiazole rings is 1. The van der Waals surface area contributed by atoms with E-state index in [0.717, 1.165) is 4.88 Å². The van der Waals surface area contributed by atoms with E-state index in [1.165, 1.54) is 18.4 Å². The first-order valence-corrected chi connectivity index (χ1v) is 6.32. The Kier molecular flexibility index (Phi) is 7.93. The SMILES string of the molecule is COCC(C)(CC(=O)OC)NCc1cnc(N)s1.Cl. The molecule has 19 heavy (non-hydrogen) atoms. The highest BCUT2D eigenvalue weighted by Gasteiger charge is 2.27. The molecular weight excluding hydrogens is 290 g/mol. The van der Waals surface area contributed by atoms with Gasteiger partial charge in [-0.15, -0.1) is 23.7 Å². The van der Waals surface area contributed by atoms with E-state index >= 15 is 0 Å². The molecule has 1 rings (SSSR count). The number of rotatable bonds is 7. The molecule has 0 saturated carbocycles. The van der Waals surface area contributed by atoms with Crippen LogP contribution >= 0.6 is 23.7 Å². The van der Waals surface area contributed by atoms with Gasteiger partial charge in [0, 0.05) is 30.3 Å². The van der Waals surface area contributed by atoms with Gasteiger partial charge in [-0.1, -0.05) is 0 Å². The standard InChI is InChI=1S/C11H19N3O3S.ClH/c1-11(7-16-2,4-9(15)17-3)14-6-8-5-13-10(12)18-8;/h5,14H,4,6-7H2,1-3H3,(H2,12,13);1H. The summed E-state index contributed by atoms with van der Waals surface area (Å²) in [7, 11) is 2.97. The van der Waals surface area contributed by atoms with Crippen LogP contribution < -0.4 is 11.1 Å². The quantitative estimate of drug-likeness (QED) is 0.736. The number of anilines is 1. The Balaban J connectivity index is 0.00000324. The Morgan fingerprint density at radius 3 is 2.74 bits per heavy atom. The van der Waals surface area contributed by atoms with Gasteiger partial charge in [-0.25, -0.2) is 4.98 Å². The Morgan fingerprint density at radius 1 is 1.58 bits per heavy atom. The minimum atomic E-state index is -0.472. The summed E-state index contributed by atoms with van der Waals surface area (Å²) in [5.74, 6) is -0.272. The van der Waals surface area contributed by atoms with Gasteiger partial charge in [-0.2, -0.15) is 0 Å². The summed E-state index contributed by atoms with van der Waals surface area (Å²) in [6, 6.07) is 0. The number of esters is 1. The second-order valence-electron chi connectivity index (χ2n) is 4.26. The second kappa shape index (κ2) is 8.31. The number of carbonyl (C=O) groups excluding carboxylic acids is 1. The smallest absolute Gasteiger partial charge is 0.307 e. The fraction of sp³-hybridized carbons (Fsp3) is 0.636. The van der Waals surface area contributed by atoms with Gasteiger partial charge in [0.05, 0.1) is 20.1 Å². The lowest BCUT2D eigenvalue weighted by molar-refractivity contribution is -0.142. The number of hydrogen-bond acceptors (Lipinski definition) is 7. The third kappa shape index (κ3) is 6.20. The van der Waals surface area contributed by atoms with E-state index in [1.807, 2.05) is 6.92 Å². The molecule has 1 unspecified atom stereocenters. The summed E-state index contributed by atoms with van der Waals surface area (Å²) >= 11 is 1.42. The van der Waals surface area contributed by atoms with Crippen molar-refractivity contribution in [3.8, 4) is 0 Å². The van der Waals surface area contributed by atoms with Gasteiger partial charge in [0.1, 0.15) is 0 Å². The van der Waals surface area contributed by atoms with Crippen LogP contribution in [0.5, 0.6) is 0 Å². The molecule has 0 radical (unpaired) electrons. The van der Waals surface area contributed by atoms with Crippen LogP contribution in [0.3, 0.4) is 0 Å². The Hall–Kier alpha value is -0.890. The van der Waals surface area contributed by atoms with Crippen molar-refractivity contribution in [2.24, 2.45) is 0 Å². The topological polar surface area (TPSA) is 86.5 Å². The largest absolute Gasteiger partial charge is 0.469 e. The minimum Gasteiger partial charge on any atom is -0.469 e. The van der Waals surface area contributed by atoms with Crippen LogP contribution in [-0.2, 0) is 20.8 Å². The number of nitrogens with one attached hydrogen (secondary N) is 1. The molecule has 0 spiro atoms. The molecule has 110 valence electrons. The molecule has 0 aliphatic rings. The molecule has 3 N–H and O–H groups in total. The van der Waals surface area contributed by atoms with Crippen molar-refractivity contribution < 1.29 is 14.3 Å². The molecule has 6 nitrogen and oxygen atoms in total. The minimum absolute atomic E-state index is 0. The fourth-order valence-corrected chi connectivity index (χ4v) is 2.20. The average Bonchev–Trinajstić information content (AvgIpc) is 2.73. The molecule has 8 heteroatoms. The number of hydrogen-bond donors (Lipinski definition) is 2. The maximum Gasteiger partial charge on any atom is 0.307 e. The lowest BCUT2D eigenvalue weighted by atomic mass is 9.99. The van der Waals surface area contributed by atoms with Crippen molar-refractivity contribution in [2.75, 3.05) is 26.6 Å². The third-order valence-electron chi connectivity index (χ3n) is 2.49. The van der Waals surface area contributed by atoms with Gasteiger partial charge >= 0.3 is 5.97 Å². The second-order valence-corrected chi connectivity index (χ2v) is 5.41. The molecule has 0 saturated heterocycles. The Labute approximate surface area is 123 Å². The summed E-state index contributed by atoms with van der Waals surface area (Å²) in [5.41, 5.74) is 5.09. The average molecular weight is 310 g/mol. The molecule has 0 bridgehead atoms. The fourth-order valence-electron chi connectivity index (χ4n) is 1.58. The Morgan fingerprint density at radius 2 is 2.26 bits per heavy atom. The number of nitrogens with two attached hydrogens (primary N) is 1. The lowest BCUT2D eigenvalue weighted by Crippen LogP contribution is -2.47. The van der Waals surface area contributed by atoms with Crippen LogP contribution in [0.25, 0.3) is 0 Å². The molecule has 1 aromatic heterocycles. The molecule has 0 aromatic carbocycles. The zero-order valence-corrected chi connectivity index (χ0v) is 12.9. The van der Waals surface area contributed by atoms with E-state index < -0.39 is 5.54 Å². The highest BCUT2D eigenvalue weighted by atomic mass is 35.5. The van der Waals surface area contributed by atoms with E-state index in [9.17, 15) is 4.79 Å². The van der Waals surface area contributed by atoms with Gasteiger partial charge in [0.25, 0.3) is 0 Å². The van der Waals surface area contributed by atoms with Crippen molar-refractivity contribution in [1.29, 1.82) is 0 Å². The lowest BCUT2D eigenvalue weighted by Gasteiger charge is -2.28. The van der Waals surface area contributed by atoms with Gasteiger partial charge < -0.3 is 20.5 Å². The molecule has 0 amide bonds. The number of ether oxygens (including phenoxy) is 2. The maximum absolute atomic E-state index is 11.4. The molecule has 0 aliphatic carbocycles. The van der Waals surface area contributed by atoms with Crippen molar-refractivity contribution in [3.05, 3.63) is 11.1 Å². The summed E-state index contributed by atoms with van der Waals surface area (Å²) in [6.07, 6.45) is 1.96. The number of nitrogens with zero attached hydrogens (tertiary/aromatic N) is 1. The van der Waals surface area contributed by atoms with Crippen LogP contribution in [0, 0.1) is 0 Å².